The van der Waals surface area contributed by atoms with E-state index in [1.165, 1.54) is 0 Å². The average Bonchev–Trinajstić information content (AvgIpc) is 2.69. The van der Waals surface area contributed by atoms with E-state index < -0.39 is 0 Å². The number of amides is 2. The first-order valence-electron chi connectivity index (χ1n) is 8.11. The lowest BCUT2D eigenvalue weighted by molar-refractivity contribution is 0.0951. The molecule has 3 aromatic rings. The molecule has 0 fully saturated rings. The van der Waals surface area contributed by atoms with Crippen molar-refractivity contribution < 1.29 is 9.59 Å². The van der Waals surface area contributed by atoms with Crippen molar-refractivity contribution in [1.29, 1.82) is 0 Å². The van der Waals surface area contributed by atoms with E-state index in [0.717, 1.165) is 5.56 Å². The lowest BCUT2D eigenvalue weighted by atomic mass is 10.1. The molecule has 0 unspecified atom stereocenters. The average molecular weight is 365 g/mol. The highest BCUT2D eigenvalue weighted by molar-refractivity contribution is 6.30. The van der Waals surface area contributed by atoms with Crippen molar-refractivity contribution in [3.05, 3.63) is 101 Å². The molecule has 0 aromatic heterocycles. The molecule has 5 heteroatoms. The van der Waals surface area contributed by atoms with Gasteiger partial charge in [-0.25, -0.2) is 0 Å². The lowest BCUT2D eigenvalue weighted by Gasteiger charge is -2.08. The summed E-state index contributed by atoms with van der Waals surface area (Å²) in [5.41, 5.74) is 2.49. The van der Waals surface area contributed by atoms with E-state index in [1.807, 2.05) is 30.3 Å². The highest BCUT2D eigenvalue weighted by Gasteiger charge is 2.11. The van der Waals surface area contributed by atoms with Gasteiger partial charge in [0.25, 0.3) is 11.8 Å². The summed E-state index contributed by atoms with van der Waals surface area (Å²) in [7, 11) is 0. The zero-order valence-corrected chi connectivity index (χ0v) is 14.7. The second-order valence-corrected chi connectivity index (χ2v) is 6.15. The maximum absolute atomic E-state index is 12.4. The third-order valence-electron chi connectivity index (χ3n) is 3.78. The predicted octanol–water partition coefficient (Wildman–Crippen LogP) is 4.52. The molecular formula is C21H17ClN2O2. The fraction of sp³-hybridized carbons (Fsp3) is 0.0476. The Morgan fingerprint density at radius 3 is 2.12 bits per heavy atom. The highest BCUT2D eigenvalue weighted by Crippen LogP contribution is 2.15. The Balaban J connectivity index is 1.66. The highest BCUT2D eigenvalue weighted by atomic mass is 35.5. The van der Waals surface area contributed by atoms with Crippen LogP contribution in [-0.2, 0) is 6.54 Å². The van der Waals surface area contributed by atoms with Crippen molar-refractivity contribution in [2.45, 2.75) is 6.54 Å². The second kappa shape index (κ2) is 8.32. The van der Waals surface area contributed by atoms with Crippen LogP contribution in [0.1, 0.15) is 26.3 Å². The number of anilines is 1. The number of hydrogen-bond acceptors (Lipinski definition) is 2. The van der Waals surface area contributed by atoms with Gasteiger partial charge in [0.05, 0.1) is 0 Å². The molecule has 3 rings (SSSR count). The van der Waals surface area contributed by atoms with Crippen LogP contribution in [0.2, 0.25) is 5.02 Å². The van der Waals surface area contributed by atoms with Crippen LogP contribution in [-0.4, -0.2) is 11.8 Å². The van der Waals surface area contributed by atoms with Crippen LogP contribution in [0.15, 0.2) is 78.9 Å². The van der Waals surface area contributed by atoms with Gasteiger partial charge in [-0.3, -0.25) is 9.59 Å². The van der Waals surface area contributed by atoms with Crippen LogP contribution in [0.4, 0.5) is 5.69 Å². The van der Waals surface area contributed by atoms with Gasteiger partial charge in [0.1, 0.15) is 0 Å². The van der Waals surface area contributed by atoms with Crippen molar-refractivity contribution >= 4 is 29.1 Å². The van der Waals surface area contributed by atoms with Crippen LogP contribution in [0, 0.1) is 0 Å². The number of carbonyl (C=O) groups is 2. The molecule has 0 atom stereocenters. The fourth-order valence-corrected chi connectivity index (χ4v) is 2.54. The monoisotopic (exact) mass is 364 g/mol. The summed E-state index contributed by atoms with van der Waals surface area (Å²) in [4.78, 5) is 24.7. The Hall–Kier alpha value is -3.11. The topological polar surface area (TPSA) is 58.2 Å². The molecule has 26 heavy (non-hydrogen) atoms. The Morgan fingerprint density at radius 1 is 0.769 bits per heavy atom. The van der Waals surface area contributed by atoms with Crippen LogP contribution >= 0.6 is 11.6 Å². The molecule has 0 bridgehead atoms. The van der Waals surface area contributed by atoms with Crippen molar-refractivity contribution in [3.63, 3.8) is 0 Å². The van der Waals surface area contributed by atoms with E-state index in [0.29, 0.717) is 28.4 Å². The Bertz CT molecular complexity index is 909. The molecule has 0 saturated heterocycles. The number of carbonyl (C=O) groups excluding carboxylic acids is 2. The molecule has 2 N–H and O–H groups in total. The summed E-state index contributed by atoms with van der Waals surface area (Å²) < 4.78 is 0. The molecule has 4 nitrogen and oxygen atoms in total. The molecule has 0 heterocycles. The van der Waals surface area contributed by atoms with Gasteiger partial charge in [-0.2, -0.15) is 0 Å². The number of rotatable bonds is 5. The van der Waals surface area contributed by atoms with Crippen LogP contribution < -0.4 is 10.6 Å². The smallest absolute Gasteiger partial charge is 0.255 e. The van der Waals surface area contributed by atoms with Crippen LogP contribution in [0.25, 0.3) is 0 Å². The molecule has 0 radical (unpaired) electrons. The maximum Gasteiger partial charge on any atom is 0.255 e. The van der Waals surface area contributed by atoms with E-state index in [4.69, 9.17) is 11.6 Å². The predicted molar refractivity (Wildman–Crippen MR) is 103 cm³/mol. The minimum Gasteiger partial charge on any atom is -0.348 e. The van der Waals surface area contributed by atoms with E-state index in [1.54, 1.807) is 48.5 Å². The van der Waals surface area contributed by atoms with Gasteiger partial charge in [0, 0.05) is 28.4 Å². The van der Waals surface area contributed by atoms with E-state index in [9.17, 15) is 9.59 Å². The van der Waals surface area contributed by atoms with Gasteiger partial charge < -0.3 is 10.6 Å². The van der Waals surface area contributed by atoms with Gasteiger partial charge in [0.2, 0.25) is 0 Å². The number of benzene rings is 3. The molecule has 0 saturated carbocycles. The summed E-state index contributed by atoms with van der Waals surface area (Å²) >= 11 is 5.84. The first kappa shape index (κ1) is 17.7. The van der Waals surface area contributed by atoms with E-state index in [-0.39, 0.29) is 11.8 Å². The molecule has 0 spiro atoms. The van der Waals surface area contributed by atoms with Gasteiger partial charge in [-0.1, -0.05) is 48.0 Å². The first-order valence-corrected chi connectivity index (χ1v) is 8.49. The molecular weight excluding hydrogens is 348 g/mol. The minimum absolute atomic E-state index is 0.227. The van der Waals surface area contributed by atoms with Crippen LogP contribution in [0.3, 0.4) is 0 Å². The lowest BCUT2D eigenvalue weighted by Crippen LogP contribution is -2.23. The third kappa shape index (κ3) is 4.71. The quantitative estimate of drug-likeness (QED) is 0.699. The van der Waals surface area contributed by atoms with Crippen molar-refractivity contribution in [1.82, 2.24) is 5.32 Å². The minimum atomic E-state index is -0.287. The maximum atomic E-state index is 12.4. The summed E-state index contributed by atoms with van der Waals surface area (Å²) in [6.07, 6.45) is 0. The Morgan fingerprint density at radius 2 is 1.42 bits per heavy atom. The normalized spacial score (nSPS) is 10.2. The number of hydrogen-bond donors (Lipinski definition) is 2. The molecule has 0 aliphatic rings. The standard InChI is InChI=1S/C21H17ClN2O2/c22-18-9-11-19(12-10-18)24-21(26)17-8-4-7-16(13-17)20(25)23-14-15-5-2-1-3-6-15/h1-13H,14H2,(H,23,25)(H,24,26). The molecule has 0 aliphatic carbocycles. The Kier molecular flexibility index (Phi) is 5.66. The molecule has 2 amide bonds. The van der Waals surface area contributed by atoms with Crippen molar-refractivity contribution in [3.8, 4) is 0 Å². The van der Waals surface area contributed by atoms with E-state index in [2.05, 4.69) is 10.6 Å². The fourth-order valence-electron chi connectivity index (χ4n) is 2.42. The van der Waals surface area contributed by atoms with Crippen molar-refractivity contribution in [2.24, 2.45) is 0 Å². The van der Waals surface area contributed by atoms with Gasteiger partial charge in [-0.05, 0) is 48.0 Å². The number of halogens is 1. The van der Waals surface area contributed by atoms with Crippen molar-refractivity contribution in [2.75, 3.05) is 5.32 Å². The summed E-state index contributed by atoms with van der Waals surface area (Å²) in [5, 5.41) is 6.23. The second-order valence-electron chi connectivity index (χ2n) is 5.71. The zero-order chi connectivity index (χ0) is 18.4. The third-order valence-corrected chi connectivity index (χ3v) is 4.04. The number of nitrogens with one attached hydrogen (secondary N) is 2. The molecule has 3 aromatic carbocycles. The first-order chi connectivity index (χ1) is 12.6. The van der Waals surface area contributed by atoms with Crippen LogP contribution in [0.5, 0.6) is 0 Å². The zero-order valence-electron chi connectivity index (χ0n) is 13.9. The van der Waals surface area contributed by atoms with Gasteiger partial charge in [0.15, 0.2) is 0 Å². The summed E-state index contributed by atoms with van der Waals surface area (Å²) in [5.74, 6) is -0.514. The summed E-state index contributed by atoms with van der Waals surface area (Å²) in [6.45, 7) is 0.431. The molecule has 0 aliphatic heterocycles. The van der Waals surface area contributed by atoms with E-state index >= 15 is 0 Å². The largest absolute Gasteiger partial charge is 0.348 e. The summed E-state index contributed by atoms with van der Waals surface area (Å²) in [6, 6.07) is 23.1. The van der Waals surface area contributed by atoms with Gasteiger partial charge in [-0.15, -0.1) is 0 Å². The van der Waals surface area contributed by atoms with Gasteiger partial charge >= 0.3 is 0 Å². The Labute approximate surface area is 156 Å². The molecule has 130 valence electrons. The SMILES string of the molecule is O=C(NCc1ccccc1)c1cccc(C(=O)Nc2ccc(Cl)cc2)c1.